The predicted octanol–water partition coefficient (Wildman–Crippen LogP) is 14.9. The van der Waals surface area contributed by atoms with E-state index in [4.69, 9.17) is 14.2 Å². The van der Waals surface area contributed by atoms with Gasteiger partial charge in [0.15, 0.2) is 6.10 Å². The summed E-state index contributed by atoms with van der Waals surface area (Å²) in [6.45, 7) is 6.30. The minimum Gasteiger partial charge on any atom is -0.462 e. The molecule has 1 unspecified atom stereocenters. The minimum absolute atomic E-state index is 0.115. The van der Waals surface area contributed by atoms with Crippen LogP contribution >= 0.6 is 0 Å². The molecule has 0 aromatic carbocycles. The molecule has 0 saturated carbocycles. The monoisotopic (exact) mass is 793 g/mol. The lowest BCUT2D eigenvalue weighted by Crippen LogP contribution is -2.30. The van der Waals surface area contributed by atoms with E-state index >= 15 is 0 Å². The number of esters is 3. The second-order valence-electron chi connectivity index (χ2n) is 14.9. The van der Waals surface area contributed by atoms with Crippen LogP contribution in [0.3, 0.4) is 0 Å². The highest BCUT2D eigenvalue weighted by Crippen LogP contribution is 2.12. The van der Waals surface area contributed by atoms with Crippen LogP contribution in [0.15, 0.2) is 85.1 Å². The lowest BCUT2D eigenvalue weighted by molar-refractivity contribution is -0.166. The summed E-state index contributed by atoms with van der Waals surface area (Å²) >= 11 is 0. The number of allylic oxidation sites excluding steroid dienone is 14. The third-order valence-electron chi connectivity index (χ3n) is 9.38. The van der Waals surface area contributed by atoms with Crippen molar-refractivity contribution >= 4 is 17.9 Å². The zero-order valence-corrected chi connectivity index (χ0v) is 36.8. The molecule has 0 aromatic rings. The highest BCUT2D eigenvalue weighted by Gasteiger charge is 2.19. The van der Waals surface area contributed by atoms with Crippen LogP contribution in [0.5, 0.6) is 0 Å². The van der Waals surface area contributed by atoms with Crippen molar-refractivity contribution in [3.05, 3.63) is 85.1 Å². The van der Waals surface area contributed by atoms with E-state index in [1.807, 2.05) is 6.08 Å². The molecule has 6 nitrogen and oxygen atoms in total. The molecule has 0 amide bonds. The molecular weight excluding hydrogens is 709 g/mol. The molecule has 0 saturated heterocycles. The largest absolute Gasteiger partial charge is 0.462 e. The standard InChI is InChI=1S/C51H84O6/c1-4-7-10-13-16-19-22-25-27-29-32-35-38-41-44-50(53)56-47-48(46-55-49(52)43-40-37-34-31-28-24-21-18-15-12-9-6-3)57-51(54)45-42-39-36-33-30-26-23-20-17-14-11-8-5-2/h7,9-10,12,16,18-19,21,25-27,30,36,39,48H,4-6,8,11,13-15,17,20,22-24,28-29,31-35,37-38,40-47H2,1-3H3/b10-7-,12-9-,19-16-,21-18-,27-25-,30-26-,39-36-. The average Bonchev–Trinajstić information content (AvgIpc) is 3.21. The van der Waals surface area contributed by atoms with Gasteiger partial charge in [0.05, 0.1) is 0 Å². The van der Waals surface area contributed by atoms with Crippen molar-refractivity contribution < 1.29 is 28.6 Å². The molecule has 0 aliphatic rings. The fraction of sp³-hybridized carbons (Fsp3) is 0.667. The topological polar surface area (TPSA) is 78.9 Å². The van der Waals surface area contributed by atoms with E-state index in [-0.39, 0.29) is 31.6 Å². The quantitative estimate of drug-likeness (QED) is 0.0266. The van der Waals surface area contributed by atoms with E-state index in [0.717, 1.165) is 116 Å². The Bertz CT molecular complexity index is 1140. The first-order valence-corrected chi connectivity index (χ1v) is 23.1. The van der Waals surface area contributed by atoms with Gasteiger partial charge in [-0.15, -0.1) is 0 Å². The number of carbonyl (C=O) groups is 3. The van der Waals surface area contributed by atoms with Gasteiger partial charge in [-0.1, -0.05) is 170 Å². The van der Waals surface area contributed by atoms with Crippen molar-refractivity contribution in [2.45, 2.75) is 207 Å². The molecule has 0 N–H and O–H groups in total. The normalized spacial score (nSPS) is 12.8. The number of ether oxygens (including phenoxy) is 3. The Kier molecular flexibility index (Phi) is 42.6. The molecule has 0 fully saturated rings. The Morgan fingerprint density at radius 2 is 0.719 bits per heavy atom. The first kappa shape index (κ1) is 53.6. The molecule has 0 aromatic heterocycles. The number of hydrogen-bond acceptors (Lipinski definition) is 6. The van der Waals surface area contributed by atoms with Crippen molar-refractivity contribution in [3.8, 4) is 0 Å². The van der Waals surface area contributed by atoms with Gasteiger partial charge in [0.1, 0.15) is 13.2 Å². The second kappa shape index (κ2) is 45.3. The Balaban J connectivity index is 4.52. The highest BCUT2D eigenvalue weighted by atomic mass is 16.6. The van der Waals surface area contributed by atoms with Crippen LogP contribution in [-0.2, 0) is 28.6 Å². The van der Waals surface area contributed by atoms with Gasteiger partial charge in [0, 0.05) is 19.3 Å². The average molecular weight is 793 g/mol. The van der Waals surface area contributed by atoms with E-state index in [0.29, 0.717) is 19.3 Å². The molecule has 1 atom stereocenters. The van der Waals surface area contributed by atoms with Crippen molar-refractivity contribution in [1.29, 1.82) is 0 Å². The van der Waals surface area contributed by atoms with Gasteiger partial charge in [-0.25, -0.2) is 0 Å². The number of hydrogen-bond donors (Lipinski definition) is 0. The van der Waals surface area contributed by atoms with E-state index in [9.17, 15) is 14.4 Å². The first-order valence-electron chi connectivity index (χ1n) is 23.1. The number of unbranched alkanes of at least 4 members (excludes halogenated alkanes) is 15. The van der Waals surface area contributed by atoms with Gasteiger partial charge in [-0.05, 0) is 96.3 Å². The van der Waals surface area contributed by atoms with Crippen molar-refractivity contribution in [1.82, 2.24) is 0 Å². The van der Waals surface area contributed by atoms with Gasteiger partial charge < -0.3 is 14.2 Å². The molecule has 0 rings (SSSR count). The van der Waals surface area contributed by atoms with E-state index in [1.54, 1.807) is 0 Å². The van der Waals surface area contributed by atoms with Crippen LogP contribution in [0.2, 0.25) is 0 Å². The number of carbonyl (C=O) groups excluding carboxylic acids is 3. The van der Waals surface area contributed by atoms with Crippen LogP contribution in [-0.4, -0.2) is 37.2 Å². The summed E-state index contributed by atoms with van der Waals surface area (Å²) in [6, 6.07) is 0. The zero-order valence-electron chi connectivity index (χ0n) is 36.8. The summed E-state index contributed by atoms with van der Waals surface area (Å²) in [5.41, 5.74) is 0. The molecule has 0 spiro atoms. The third-order valence-corrected chi connectivity index (χ3v) is 9.38. The maximum atomic E-state index is 12.7. The molecule has 0 aliphatic carbocycles. The Morgan fingerprint density at radius 1 is 0.368 bits per heavy atom. The van der Waals surface area contributed by atoms with E-state index in [2.05, 4.69) is 99.8 Å². The molecule has 0 radical (unpaired) electrons. The van der Waals surface area contributed by atoms with Gasteiger partial charge >= 0.3 is 17.9 Å². The number of rotatable bonds is 40. The lowest BCUT2D eigenvalue weighted by atomic mass is 10.1. The van der Waals surface area contributed by atoms with Gasteiger partial charge in [0.2, 0.25) is 0 Å². The van der Waals surface area contributed by atoms with Gasteiger partial charge in [-0.2, -0.15) is 0 Å². The second-order valence-corrected chi connectivity index (χ2v) is 14.9. The van der Waals surface area contributed by atoms with Crippen molar-refractivity contribution in [2.24, 2.45) is 0 Å². The fourth-order valence-electron chi connectivity index (χ4n) is 5.96. The molecule has 0 heterocycles. The molecule has 0 aliphatic heterocycles. The zero-order chi connectivity index (χ0) is 41.5. The minimum atomic E-state index is -0.820. The van der Waals surface area contributed by atoms with Crippen LogP contribution in [0.1, 0.15) is 201 Å². The molecule has 6 heteroatoms. The highest BCUT2D eigenvalue weighted by molar-refractivity contribution is 5.71. The maximum absolute atomic E-state index is 12.7. The first-order chi connectivity index (χ1) is 28.0. The molecule has 57 heavy (non-hydrogen) atoms. The smallest absolute Gasteiger partial charge is 0.306 e. The third kappa shape index (κ3) is 43.6. The van der Waals surface area contributed by atoms with Crippen LogP contribution < -0.4 is 0 Å². The Morgan fingerprint density at radius 3 is 1.14 bits per heavy atom. The van der Waals surface area contributed by atoms with Crippen LogP contribution in [0.25, 0.3) is 0 Å². The van der Waals surface area contributed by atoms with Crippen molar-refractivity contribution in [3.63, 3.8) is 0 Å². The SMILES string of the molecule is CC/C=C\C/C=C\C/C=C\CCCCCCC(=O)OCC(COC(=O)CCCCCCC/C=C\C/C=C\CC)OC(=O)CC/C=C\C/C=C\CCCCCCCC. The predicted molar refractivity (Wildman–Crippen MR) is 242 cm³/mol. The van der Waals surface area contributed by atoms with Crippen LogP contribution in [0.4, 0.5) is 0 Å². The van der Waals surface area contributed by atoms with Crippen molar-refractivity contribution in [2.75, 3.05) is 13.2 Å². The molecule has 0 bridgehead atoms. The molecular formula is C51H84O6. The van der Waals surface area contributed by atoms with E-state index in [1.165, 1.54) is 38.5 Å². The van der Waals surface area contributed by atoms with Gasteiger partial charge in [0.25, 0.3) is 0 Å². The maximum Gasteiger partial charge on any atom is 0.306 e. The Hall–Kier alpha value is -3.41. The summed E-state index contributed by atoms with van der Waals surface area (Å²) in [4.78, 5) is 37.7. The fourth-order valence-corrected chi connectivity index (χ4v) is 5.96. The van der Waals surface area contributed by atoms with Crippen LogP contribution in [0, 0.1) is 0 Å². The Labute approximate surface area is 350 Å². The van der Waals surface area contributed by atoms with E-state index < -0.39 is 12.1 Å². The summed E-state index contributed by atoms with van der Waals surface area (Å²) in [5, 5.41) is 0. The lowest BCUT2D eigenvalue weighted by Gasteiger charge is -2.18. The summed E-state index contributed by atoms with van der Waals surface area (Å²) in [7, 11) is 0. The summed E-state index contributed by atoms with van der Waals surface area (Å²) < 4.78 is 16.6. The summed E-state index contributed by atoms with van der Waals surface area (Å²) in [5.74, 6) is -1.03. The van der Waals surface area contributed by atoms with Gasteiger partial charge in [-0.3, -0.25) is 14.4 Å². The molecule has 324 valence electrons. The summed E-state index contributed by atoms with van der Waals surface area (Å²) in [6.07, 6.45) is 57.2.